The lowest BCUT2D eigenvalue weighted by Crippen LogP contribution is -2.48. The quantitative estimate of drug-likeness (QED) is 0.743. The third-order valence-corrected chi connectivity index (χ3v) is 7.20. The molecule has 1 saturated carbocycles. The number of hydrogen-bond acceptors (Lipinski definition) is 3. The largest absolute Gasteiger partial charge is 0.342 e. The summed E-state index contributed by atoms with van der Waals surface area (Å²) < 4.78 is 25.4. The van der Waals surface area contributed by atoms with Crippen LogP contribution >= 0.6 is 0 Å². The Bertz CT molecular complexity index is 462. The Kier molecular flexibility index (Phi) is 6.26. The minimum atomic E-state index is -3.13. The smallest absolute Gasteiger partial charge is 0.225 e. The molecular formula is C16H30N2O3S. The molecular weight excluding hydrogens is 300 g/mol. The molecule has 0 atom stereocenters. The lowest BCUT2D eigenvalue weighted by Gasteiger charge is -2.37. The maximum atomic E-state index is 12.6. The van der Waals surface area contributed by atoms with E-state index in [1.54, 1.807) is 14.0 Å². The highest BCUT2D eigenvalue weighted by Gasteiger charge is 2.32. The normalized spacial score (nSPS) is 22.8. The van der Waals surface area contributed by atoms with Gasteiger partial charge in [0, 0.05) is 32.1 Å². The summed E-state index contributed by atoms with van der Waals surface area (Å²) in [5.74, 6) is 0.655. The van der Waals surface area contributed by atoms with E-state index in [4.69, 9.17) is 0 Å². The molecule has 2 rings (SSSR count). The number of nitrogens with zero attached hydrogens (tertiary/aromatic N) is 2. The van der Waals surface area contributed by atoms with Crippen molar-refractivity contribution in [2.75, 3.05) is 25.9 Å². The zero-order valence-corrected chi connectivity index (χ0v) is 14.8. The Balaban J connectivity index is 1.87. The number of carbonyl (C=O) groups is 1. The Morgan fingerprint density at radius 3 is 2.09 bits per heavy atom. The van der Waals surface area contributed by atoms with Gasteiger partial charge in [-0.25, -0.2) is 12.7 Å². The Morgan fingerprint density at radius 1 is 1.05 bits per heavy atom. The van der Waals surface area contributed by atoms with E-state index in [-0.39, 0.29) is 17.7 Å². The van der Waals surface area contributed by atoms with Gasteiger partial charge in [0.2, 0.25) is 15.9 Å². The molecule has 1 amide bonds. The Hall–Kier alpha value is -0.620. The van der Waals surface area contributed by atoms with E-state index in [1.165, 1.54) is 30.0 Å². The highest BCUT2D eigenvalue weighted by Crippen LogP contribution is 2.26. The van der Waals surface area contributed by atoms with Crippen molar-refractivity contribution in [2.45, 2.75) is 64.3 Å². The highest BCUT2D eigenvalue weighted by molar-refractivity contribution is 7.89. The van der Waals surface area contributed by atoms with E-state index in [1.807, 2.05) is 4.90 Å². The summed E-state index contributed by atoms with van der Waals surface area (Å²) in [5.41, 5.74) is 0. The number of rotatable bonds is 4. The summed E-state index contributed by atoms with van der Waals surface area (Å²) in [7, 11) is -1.46. The molecule has 1 heterocycles. The summed E-state index contributed by atoms with van der Waals surface area (Å²) in [6.45, 7) is 3.07. The molecule has 128 valence electrons. The predicted molar refractivity (Wildman–Crippen MR) is 88.0 cm³/mol. The molecule has 1 aliphatic carbocycles. The van der Waals surface area contributed by atoms with Gasteiger partial charge in [-0.2, -0.15) is 0 Å². The average molecular weight is 330 g/mol. The van der Waals surface area contributed by atoms with Crippen molar-refractivity contribution in [1.82, 2.24) is 9.21 Å². The molecule has 0 aromatic rings. The van der Waals surface area contributed by atoms with E-state index < -0.39 is 10.0 Å². The van der Waals surface area contributed by atoms with Crippen LogP contribution in [0, 0.1) is 5.92 Å². The lowest BCUT2D eigenvalue weighted by atomic mass is 9.96. The topological polar surface area (TPSA) is 57.7 Å². The third kappa shape index (κ3) is 4.22. The molecule has 1 aliphatic heterocycles. The second kappa shape index (κ2) is 7.77. The van der Waals surface area contributed by atoms with Crippen LogP contribution < -0.4 is 0 Å². The van der Waals surface area contributed by atoms with Crippen LogP contribution in [-0.2, 0) is 14.8 Å². The minimum Gasteiger partial charge on any atom is -0.342 e. The third-order valence-electron chi connectivity index (χ3n) is 5.30. The number of carbonyl (C=O) groups excluding carboxylic acids is 1. The van der Waals surface area contributed by atoms with Gasteiger partial charge >= 0.3 is 0 Å². The first kappa shape index (κ1) is 17.7. The molecule has 0 radical (unpaired) electrons. The van der Waals surface area contributed by atoms with Gasteiger partial charge in [-0.3, -0.25) is 4.79 Å². The van der Waals surface area contributed by atoms with E-state index in [0.717, 1.165) is 25.7 Å². The fraction of sp³-hybridized carbons (Fsp3) is 0.938. The molecule has 0 unspecified atom stereocenters. The molecule has 0 aromatic heterocycles. The molecule has 6 heteroatoms. The van der Waals surface area contributed by atoms with E-state index in [9.17, 15) is 13.2 Å². The zero-order chi connectivity index (χ0) is 16.2. The first-order chi connectivity index (χ1) is 10.5. The molecule has 0 aromatic carbocycles. The van der Waals surface area contributed by atoms with Gasteiger partial charge < -0.3 is 4.90 Å². The van der Waals surface area contributed by atoms with Crippen LogP contribution in [0.5, 0.6) is 0 Å². The molecule has 22 heavy (non-hydrogen) atoms. The Morgan fingerprint density at radius 2 is 1.59 bits per heavy atom. The van der Waals surface area contributed by atoms with Crippen LogP contribution in [0.1, 0.15) is 58.3 Å². The van der Waals surface area contributed by atoms with Gasteiger partial charge in [0.15, 0.2) is 0 Å². The van der Waals surface area contributed by atoms with E-state index >= 15 is 0 Å². The van der Waals surface area contributed by atoms with Crippen molar-refractivity contribution in [2.24, 2.45) is 5.92 Å². The SMILES string of the molecule is CCS(=O)(=O)N(C)C1CCN(C(=O)C2CCCCCC2)CC1. The van der Waals surface area contributed by atoms with Crippen LogP contribution in [0.3, 0.4) is 0 Å². The van der Waals surface area contributed by atoms with Gasteiger partial charge in [-0.1, -0.05) is 25.7 Å². The van der Waals surface area contributed by atoms with Gasteiger partial charge in [-0.05, 0) is 32.6 Å². The number of piperidine rings is 1. The molecule has 0 bridgehead atoms. The first-order valence-corrected chi connectivity index (χ1v) is 10.3. The second-order valence-electron chi connectivity index (χ2n) is 6.66. The second-order valence-corrected chi connectivity index (χ2v) is 8.98. The lowest BCUT2D eigenvalue weighted by molar-refractivity contribution is -0.137. The molecule has 0 N–H and O–H groups in total. The van der Waals surface area contributed by atoms with Crippen molar-refractivity contribution in [3.05, 3.63) is 0 Å². The molecule has 2 aliphatic rings. The first-order valence-electron chi connectivity index (χ1n) is 8.70. The van der Waals surface area contributed by atoms with Crippen LogP contribution in [0.2, 0.25) is 0 Å². The van der Waals surface area contributed by atoms with Gasteiger partial charge in [0.25, 0.3) is 0 Å². The minimum absolute atomic E-state index is 0.0446. The van der Waals surface area contributed by atoms with Crippen LogP contribution in [0.15, 0.2) is 0 Å². The van der Waals surface area contributed by atoms with Crippen LogP contribution in [-0.4, -0.2) is 55.5 Å². The number of hydrogen-bond donors (Lipinski definition) is 0. The Labute approximate surface area is 135 Å². The van der Waals surface area contributed by atoms with Crippen LogP contribution in [0.4, 0.5) is 0 Å². The molecule has 5 nitrogen and oxygen atoms in total. The summed E-state index contributed by atoms with van der Waals surface area (Å²) in [6.07, 6.45) is 8.43. The zero-order valence-electron chi connectivity index (χ0n) is 14.0. The highest BCUT2D eigenvalue weighted by atomic mass is 32.2. The average Bonchev–Trinajstić information content (AvgIpc) is 2.83. The van der Waals surface area contributed by atoms with Crippen molar-refractivity contribution in [3.8, 4) is 0 Å². The summed E-state index contributed by atoms with van der Waals surface area (Å²) in [4.78, 5) is 14.6. The predicted octanol–water partition coefficient (Wildman–Crippen LogP) is 2.23. The van der Waals surface area contributed by atoms with Crippen molar-refractivity contribution in [3.63, 3.8) is 0 Å². The van der Waals surface area contributed by atoms with Gasteiger partial charge in [0.1, 0.15) is 0 Å². The number of sulfonamides is 1. The maximum Gasteiger partial charge on any atom is 0.225 e. The number of amides is 1. The van der Waals surface area contributed by atoms with Crippen molar-refractivity contribution >= 4 is 15.9 Å². The monoisotopic (exact) mass is 330 g/mol. The molecule has 0 spiro atoms. The molecule has 1 saturated heterocycles. The number of likely N-dealkylation sites (tertiary alicyclic amines) is 1. The maximum absolute atomic E-state index is 12.6. The summed E-state index contributed by atoms with van der Waals surface area (Å²) in [6, 6.07) is 0.0446. The van der Waals surface area contributed by atoms with Crippen molar-refractivity contribution < 1.29 is 13.2 Å². The van der Waals surface area contributed by atoms with Gasteiger partial charge in [-0.15, -0.1) is 0 Å². The summed E-state index contributed by atoms with van der Waals surface area (Å²) >= 11 is 0. The van der Waals surface area contributed by atoms with Gasteiger partial charge in [0.05, 0.1) is 5.75 Å². The van der Waals surface area contributed by atoms with Crippen LogP contribution in [0.25, 0.3) is 0 Å². The van der Waals surface area contributed by atoms with Crippen molar-refractivity contribution in [1.29, 1.82) is 0 Å². The molecule has 2 fully saturated rings. The summed E-state index contributed by atoms with van der Waals surface area (Å²) in [5, 5.41) is 0. The standard InChI is InChI=1S/C16H30N2O3S/c1-3-22(20,21)17(2)15-10-12-18(13-11-15)16(19)14-8-6-4-5-7-9-14/h14-15H,3-13H2,1-2H3. The van der Waals surface area contributed by atoms with E-state index in [2.05, 4.69) is 0 Å². The fourth-order valence-electron chi connectivity index (χ4n) is 3.67. The van der Waals surface area contributed by atoms with E-state index in [0.29, 0.717) is 19.0 Å². The fourth-order valence-corrected chi connectivity index (χ4v) is 4.74.